The molecule has 0 saturated heterocycles. The lowest BCUT2D eigenvalue weighted by atomic mass is 10.2. The van der Waals surface area contributed by atoms with Gasteiger partial charge in [0.2, 0.25) is 0 Å². The number of benzene rings is 1. The Morgan fingerprint density at radius 3 is 2.79 bits per heavy atom. The minimum Gasteiger partial charge on any atom is -0.493 e. The van der Waals surface area contributed by atoms with Crippen LogP contribution < -0.4 is 14.8 Å². The molecule has 1 aromatic rings. The van der Waals surface area contributed by atoms with Crippen molar-refractivity contribution in [2.75, 3.05) is 20.3 Å². The summed E-state index contributed by atoms with van der Waals surface area (Å²) in [7, 11) is 1.54. The summed E-state index contributed by atoms with van der Waals surface area (Å²) in [6, 6.07) is 7.02. The van der Waals surface area contributed by atoms with E-state index in [9.17, 15) is 0 Å². The van der Waals surface area contributed by atoms with Gasteiger partial charge >= 0.3 is 0 Å². The van der Waals surface area contributed by atoms with Crippen LogP contribution >= 0.6 is 0 Å². The maximum absolute atomic E-state index is 9.05. The van der Waals surface area contributed by atoms with E-state index >= 15 is 0 Å². The van der Waals surface area contributed by atoms with E-state index in [4.69, 9.17) is 19.8 Å². The molecule has 0 heterocycles. The number of nitrogens with zero attached hydrogens (tertiary/aromatic N) is 1. The lowest BCUT2D eigenvalue weighted by molar-refractivity contribution is 0.268. The number of aliphatic hydroxyl groups is 1. The lowest BCUT2D eigenvalue weighted by Gasteiger charge is -2.15. The van der Waals surface area contributed by atoms with Gasteiger partial charge in [-0.15, -0.1) is 0 Å². The minimum absolute atomic E-state index is 0.0461. The van der Waals surface area contributed by atoms with E-state index < -0.39 is 0 Å². The van der Waals surface area contributed by atoms with E-state index in [1.807, 2.05) is 6.92 Å². The van der Waals surface area contributed by atoms with Crippen LogP contribution in [0.4, 0.5) is 0 Å². The Bertz CT molecular complexity index is 429. The Morgan fingerprint density at radius 2 is 2.21 bits per heavy atom. The largest absolute Gasteiger partial charge is 0.493 e. The molecule has 104 valence electrons. The Kier molecular flexibility index (Phi) is 6.72. The van der Waals surface area contributed by atoms with Gasteiger partial charge in [-0.3, -0.25) is 5.32 Å². The van der Waals surface area contributed by atoms with Gasteiger partial charge in [-0.1, -0.05) is 13.0 Å². The summed E-state index contributed by atoms with van der Waals surface area (Å²) in [5.41, 5.74) is 0.755. The molecular weight excluding hydrogens is 244 g/mol. The first-order valence-corrected chi connectivity index (χ1v) is 6.28. The second-order valence-corrected chi connectivity index (χ2v) is 4.09. The molecule has 0 radical (unpaired) electrons. The maximum Gasteiger partial charge on any atom is 0.161 e. The van der Waals surface area contributed by atoms with Crippen LogP contribution in [0.25, 0.3) is 0 Å². The fourth-order valence-corrected chi connectivity index (χ4v) is 1.56. The number of ether oxygens (including phenoxy) is 2. The van der Waals surface area contributed by atoms with E-state index in [1.165, 1.54) is 0 Å². The average Bonchev–Trinajstić information content (AvgIpc) is 2.47. The summed E-state index contributed by atoms with van der Waals surface area (Å²) in [6.45, 7) is 3.03. The van der Waals surface area contributed by atoms with Gasteiger partial charge in [-0.05, 0) is 30.7 Å². The third kappa shape index (κ3) is 4.78. The monoisotopic (exact) mass is 264 g/mol. The molecule has 0 fully saturated rings. The molecule has 0 aliphatic heterocycles. The van der Waals surface area contributed by atoms with Crippen LogP contribution in [0.3, 0.4) is 0 Å². The molecule has 1 unspecified atom stereocenters. The van der Waals surface area contributed by atoms with E-state index in [1.54, 1.807) is 25.3 Å². The molecule has 19 heavy (non-hydrogen) atoms. The molecule has 0 saturated carbocycles. The molecule has 0 bridgehead atoms. The SMILES string of the molecule is CCCNC(C#N)COc1ccc(CO)cc1OC. The Hall–Kier alpha value is -1.77. The fourth-order valence-electron chi connectivity index (χ4n) is 1.56. The number of nitrogens with one attached hydrogen (secondary N) is 1. The van der Waals surface area contributed by atoms with Gasteiger partial charge < -0.3 is 14.6 Å². The highest BCUT2D eigenvalue weighted by atomic mass is 16.5. The third-order valence-electron chi connectivity index (χ3n) is 2.61. The minimum atomic E-state index is -0.345. The van der Waals surface area contributed by atoms with Crippen molar-refractivity contribution in [2.24, 2.45) is 0 Å². The van der Waals surface area contributed by atoms with E-state index in [0.29, 0.717) is 11.5 Å². The first-order valence-electron chi connectivity index (χ1n) is 6.28. The van der Waals surface area contributed by atoms with Crippen molar-refractivity contribution >= 4 is 0 Å². The predicted octanol–water partition coefficient (Wildman–Crippen LogP) is 1.46. The standard InChI is InChI=1S/C14H20N2O3/c1-3-6-16-12(8-15)10-19-13-5-4-11(9-17)7-14(13)18-2/h4-5,7,12,16-17H,3,6,9-10H2,1-2H3. The molecule has 2 N–H and O–H groups in total. The van der Waals surface area contributed by atoms with Crippen LogP contribution in [0.1, 0.15) is 18.9 Å². The van der Waals surface area contributed by atoms with Crippen LogP contribution in [0.5, 0.6) is 11.5 Å². The van der Waals surface area contributed by atoms with E-state index in [2.05, 4.69) is 11.4 Å². The zero-order chi connectivity index (χ0) is 14.1. The number of hydrogen-bond acceptors (Lipinski definition) is 5. The number of aliphatic hydroxyl groups excluding tert-OH is 1. The quantitative estimate of drug-likeness (QED) is 0.743. The van der Waals surface area contributed by atoms with Crippen molar-refractivity contribution in [1.82, 2.24) is 5.32 Å². The molecule has 5 heteroatoms. The van der Waals surface area contributed by atoms with Gasteiger partial charge in [0, 0.05) is 0 Å². The van der Waals surface area contributed by atoms with Crippen molar-refractivity contribution in [3.63, 3.8) is 0 Å². The first-order chi connectivity index (χ1) is 9.24. The summed E-state index contributed by atoms with van der Waals surface area (Å²) in [5, 5.41) is 21.1. The molecule has 0 aliphatic rings. The highest BCUT2D eigenvalue weighted by Crippen LogP contribution is 2.28. The van der Waals surface area contributed by atoms with Crippen molar-refractivity contribution in [3.8, 4) is 17.6 Å². The van der Waals surface area contributed by atoms with Gasteiger partial charge in [0.05, 0.1) is 19.8 Å². The summed E-state index contributed by atoms with van der Waals surface area (Å²) in [5.74, 6) is 1.12. The fraction of sp³-hybridized carbons (Fsp3) is 0.500. The summed E-state index contributed by atoms with van der Waals surface area (Å²) in [6.07, 6.45) is 0.965. The smallest absolute Gasteiger partial charge is 0.161 e. The van der Waals surface area contributed by atoms with Crippen LogP contribution in [-0.4, -0.2) is 31.4 Å². The van der Waals surface area contributed by atoms with Crippen molar-refractivity contribution < 1.29 is 14.6 Å². The second kappa shape index (κ2) is 8.35. The second-order valence-electron chi connectivity index (χ2n) is 4.09. The normalized spacial score (nSPS) is 11.7. The summed E-state index contributed by atoms with van der Waals surface area (Å²) < 4.78 is 10.8. The molecule has 1 rings (SSSR count). The topological polar surface area (TPSA) is 74.5 Å². The first kappa shape index (κ1) is 15.3. The lowest BCUT2D eigenvalue weighted by Crippen LogP contribution is -2.33. The highest BCUT2D eigenvalue weighted by Gasteiger charge is 2.10. The van der Waals surface area contributed by atoms with E-state index in [0.717, 1.165) is 18.5 Å². The number of hydrogen-bond donors (Lipinski definition) is 2. The van der Waals surface area contributed by atoms with Gasteiger partial charge in [0.15, 0.2) is 11.5 Å². The maximum atomic E-state index is 9.05. The Labute approximate surface area is 113 Å². The molecule has 0 spiro atoms. The average molecular weight is 264 g/mol. The number of methoxy groups -OCH3 is 1. The van der Waals surface area contributed by atoms with Gasteiger partial charge in [0.25, 0.3) is 0 Å². The predicted molar refractivity (Wildman–Crippen MR) is 72.1 cm³/mol. The summed E-state index contributed by atoms with van der Waals surface area (Å²) >= 11 is 0. The van der Waals surface area contributed by atoms with Crippen LogP contribution in [0.2, 0.25) is 0 Å². The van der Waals surface area contributed by atoms with Gasteiger partial charge in [0.1, 0.15) is 12.6 Å². The molecular formula is C14H20N2O3. The summed E-state index contributed by atoms with van der Waals surface area (Å²) in [4.78, 5) is 0. The molecule has 1 aromatic carbocycles. The van der Waals surface area contributed by atoms with Crippen LogP contribution in [0.15, 0.2) is 18.2 Å². The molecule has 1 atom stereocenters. The van der Waals surface area contributed by atoms with E-state index in [-0.39, 0.29) is 19.3 Å². The van der Waals surface area contributed by atoms with Gasteiger partial charge in [-0.25, -0.2) is 0 Å². The van der Waals surface area contributed by atoms with Crippen molar-refractivity contribution in [1.29, 1.82) is 5.26 Å². The zero-order valence-electron chi connectivity index (χ0n) is 11.3. The molecule has 5 nitrogen and oxygen atoms in total. The number of rotatable bonds is 8. The zero-order valence-corrected chi connectivity index (χ0v) is 11.3. The Balaban J connectivity index is 2.63. The third-order valence-corrected chi connectivity index (χ3v) is 2.61. The molecule has 0 amide bonds. The molecule has 0 aromatic heterocycles. The van der Waals surface area contributed by atoms with Crippen LogP contribution in [-0.2, 0) is 6.61 Å². The Morgan fingerprint density at radius 1 is 1.42 bits per heavy atom. The van der Waals surface area contributed by atoms with Gasteiger partial charge in [-0.2, -0.15) is 5.26 Å². The van der Waals surface area contributed by atoms with Crippen molar-refractivity contribution in [3.05, 3.63) is 23.8 Å². The van der Waals surface area contributed by atoms with Crippen molar-refractivity contribution in [2.45, 2.75) is 26.0 Å². The molecule has 0 aliphatic carbocycles. The highest BCUT2D eigenvalue weighted by molar-refractivity contribution is 5.42. The number of nitriles is 1. The van der Waals surface area contributed by atoms with Crippen LogP contribution in [0, 0.1) is 11.3 Å².